The molecule has 8 aromatic rings. The van der Waals surface area contributed by atoms with E-state index in [2.05, 4.69) is 184 Å². The molecule has 0 unspecified atom stereocenters. The Bertz CT molecular complexity index is 3050. The van der Waals surface area contributed by atoms with Crippen molar-refractivity contribution in [2.24, 2.45) is 9.98 Å². The summed E-state index contributed by atoms with van der Waals surface area (Å²) in [5.41, 5.74) is 22.0. The minimum atomic E-state index is -0.398. The first-order valence-electron chi connectivity index (χ1n) is 20.6. The molecule has 0 radical (unpaired) electrons. The molecule has 0 N–H and O–H groups in total. The van der Waals surface area contributed by atoms with Crippen molar-refractivity contribution in [2.45, 2.75) is 37.8 Å². The van der Waals surface area contributed by atoms with E-state index in [9.17, 15) is 0 Å². The van der Waals surface area contributed by atoms with E-state index in [1.54, 1.807) is 0 Å². The van der Waals surface area contributed by atoms with E-state index in [1.165, 1.54) is 89.0 Å². The predicted molar refractivity (Wildman–Crippen MR) is 241 cm³/mol. The van der Waals surface area contributed by atoms with Crippen LogP contribution in [0.15, 0.2) is 186 Å². The minimum absolute atomic E-state index is 0.169. The van der Waals surface area contributed by atoms with E-state index < -0.39 is 5.41 Å². The third-order valence-electron chi connectivity index (χ3n) is 13.4. The Labute approximate surface area is 345 Å². The van der Waals surface area contributed by atoms with Gasteiger partial charge in [-0.3, -0.25) is 4.99 Å². The third kappa shape index (κ3) is 4.82. The molecule has 0 bridgehead atoms. The molecular weight excluding hydrogens is 717 g/mol. The summed E-state index contributed by atoms with van der Waals surface area (Å²) in [4.78, 5) is 10.5. The number of fused-ring (bicyclic) bond motifs is 16. The van der Waals surface area contributed by atoms with Gasteiger partial charge in [0.05, 0.1) is 12.0 Å². The van der Waals surface area contributed by atoms with E-state index in [0.29, 0.717) is 19.0 Å². The number of ether oxygens (including phenoxy) is 1. The first kappa shape index (κ1) is 34.0. The Morgan fingerprint density at radius 1 is 0.525 bits per heavy atom. The molecule has 0 saturated heterocycles. The Kier molecular flexibility index (Phi) is 7.32. The molecule has 280 valence electrons. The summed E-state index contributed by atoms with van der Waals surface area (Å²) in [6.07, 6.45) is 2.00. The number of amidine groups is 1. The molecule has 8 aromatic carbocycles. The maximum Gasteiger partial charge on any atom is 0.154 e. The van der Waals surface area contributed by atoms with Gasteiger partial charge in [0.2, 0.25) is 0 Å². The lowest BCUT2D eigenvalue weighted by molar-refractivity contribution is 0.302. The lowest BCUT2D eigenvalue weighted by Gasteiger charge is -2.30. The van der Waals surface area contributed by atoms with Crippen LogP contribution in [0, 0.1) is 0 Å². The number of hydrogen-bond acceptors (Lipinski definition) is 2. The zero-order valence-corrected chi connectivity index (χ0v) is 33.0. The summed E-state index contributed by atoms with van der Waals surface area (Å²) in [7, 11) is 0. The highest BCUT2D eigenvalue weighted by atomic mass is 16.5. The third-order valence-corrected chi connectivity index (χ3v) is 13.4. The van der Waals surface area contributed by atoms with E-state index in [4.69, 9.17) is 14.7 Å². The summed E-state index contributed by atoms with van der Waals surface area (Å²) in [6.45, 7) is 5.77. The van der Waals surface area contributed by atoms with Gasteiger partial charge in [-0.1, -0.05) is 172 Å². The van der Waals surface area contributed by atoms with Crippen LogP contribution in [0.25, 0.3) is 44.5 Å². The number of rotatable bonds is 4. The predicted octanol–water partition coefficient (Wildman–Crippen LogP) is 13.0. The molecule has 59 heavy (non-hydrogen) atoms. The minimum Gasteiger partial charge on any atom is -0.488 e. The van der Waals surface area contributed by atoms with Crippen molar-refractivity contribution in [3.63, 3.8) is 0 Å². The maximum absolute atomic E-state index is 6.39. The highest BCUT2D eigenvalue weighted by Gasteiger charge is 2.51. The molecule has 3 heteroatoms. The molecule has 0 atom stereocenters. The van der Waals surface area contributed by atoms with Gasteiger partial charge >= 0.3 is 0 Å². The van der Waals surface area contributed by atoms with Crippen molar-refractivity contribution < 1.29 is 4.74 Å². The average Bonchev–Trinajstić information content (AvgIpc) is 3.84. The zero-order valence-electron chi connectivity index (χ0n) is 33.0. The summed E-state index contributed by atoms with van der Waals surface area (Å²) >= 11 is 0. The van der Waals surface area contributed by atoms with Crippen LogP contribution in [-0.4, -0.2) is 12.1 Å². The molecule has 0 fully saturated rings. The molecule has 3 nitrogen and oxygen atoms in total. The monoisotopic (exact) mass is 756 g/mol. The van der Waals surface area contributed by atoms with Gasteiger partial charge in [0.15, 0.2) is 5.84 Å². The normalized spacial score (nSPS) is 15.4. The molecule has 1 heterocycles. The van der Waals surface area contributed by atoms with E-state index in [-0.39, 0.29) is 5.41 Å². The van der Waals surface area contributed by atoms with Gasteiger partial charge in [-0.2, -0.15) is 0 Å². The Hall–Kier alpha value is -7.10. The zero-order chi connectivity index (χ0) is 39.3. The topological polar surface area (TPSA) is 34.0 Å². The standard InChI is InChI=1S/C56H40N2O/c1-55(2)49-26-14-18-37(53(49)45-31-52-44(30-50(45)55)39-19-7-6-17-38(39)34-59-52)33-58-54(36-15-4-3-5-16-36)57-32-35-27-28-43-42-22-10-13-25-48(42)56(51(43)29-35)46-23-11-8-20-40(46)41-21-9-12-24-47(41)56/h3-32H,33-34H2,1-2H3/b57-32+,58-54-. The summed E-state index contributed by atoms with van der Waals surface area (Å²) in [6, 6.07) is 64.0. The van der Waals surface area contributed by atoms with Gasteiger partial charge in [0, 0.05) is 22.8 Å². The SMILES string of the molecule is CC1(C)c2cc3c(cc2-c2c(C/N=C(\N=C\c4ccc5c(c4)C4(c6ccccc6-c6ccccc64)c4ccccc4-5)c4ccccc4)cccc21)OCc1ccccc1-3. The molecule has 0 amide bonds. The molecular formula is C56H40N2O. The van der Waals surface area contributed by atoms with Crippen molar-refractivity contribution in [1.82, 2.24) is 0 Å². The Morgan fingerprint density at radius 2 is 1.14 bits per heavy atom. The number of nitrogens with zero attached hydrogens (tertiary/aromatic N) is 2. The Balaban J connectivity index is 0.955. The molecule has 0 aromatic heterocycles. The van der Waals surface area contributed by atoms with Gasteiger partial charge in [0.25, 0.3) is 0 Å². The summed E-state index contributed by atoms with van der Waals surface area (Å²) in [5.74, 6) is 1.66. The van der Waals surface area contributed by atoms with Crippen molar-refractivity contribution in [3.8, 4) is 50.3 Å². The van der Waals surface area contributed by atoms with Crippen molar-refractivity contribution in [3.05, 3.63) is 232 Å². The van der Waals surface area contributed by atoms with E-state index in [0.717, 1.165) is 16.9 Å². The van der Waals surface area contributed by atoms with E-state index in [1.807, 2.05) is 12.3 Å². The summed E-state index contributed by atoms with van der Waals surface area (Å²) in [5, 5.41) is 0. The number of hydrogen-bond donors (Lipinski definition) is 0. The highest BCUT2D eigenvalue weighted by Crippen LogP contribution is 2.62. The van der Waals surface area contributed by atoms with Crippen LogP contribution in [0.3, 0.4) is 0 Å². The first-order chi connectivity index (χ1) is 29.0. The second kappa shape index (κ2) is 12.7. The van der Waals surface area contributed by atoms with Crippen LogP contribution in [0.4, 0.5) is 0 Å². The van der Waals surface area contributed by atoms with Crippen LogP contribution >= 0.6 is 0 Å². The molecule has 1 aliphatic heterocycles. The van der Waals surface area contributed by atoms with Gasteiger partial charge in [-0.15, -0.1) is 0 Å². The fourth-order valence-electron chi connectivity index (χ4n) is 10.7. The first-order valence-corrected chi connectivity index (χ1v) is 20.6. The van der Waals surface area contributed by atoms with Crippen LogP contribution < -0.4 is 4.74 Å². The van der Waals surface area contributed by atoms with Crippen LogP contribution in [0.2, 0.25) is 0 Å². The van der Waals surface area contributed by atoms with Crippen LogP contribution in [0.1, 0.15) is 69.5 Å². The quantitative estimate of drug-likeness (QED) is 0.130. The lowest BCUT2D eigenvalue weighted by Crippen LogP contribution is -2.26. The number of aliphatic imine (C=N–C) groups is 2. The van der Waals surface area contributed by atoms with Crippen LogP contribution in [0.5, 0.6) is 5.75 Å². The second-order valence-electron chi connectivity index (χ2n) is 16.8. The largest absolute Gasteiger partial charge is 0.488 e. The molecule has 3 aliphatic carbocycles. The van der Waals surface area contributed by atoms with Gasteiger partial charge in [-0.25, -0.2) is 4.99 Å². The highest BCUT2D eigenvalue weighted by molar-refractivity contribution is 6.06. The molecule has 0 saturated carbocycles. The molecule has 1 spiro atoms. The average molecular weight is 757 g/mol. The van der Waals surface area contributed by atoms with E-state index >= 15 is 0 Å². The van der Waals surface area contributed by atoms with Crippen molar-refractivity contribution in [2.75, 3.05) is 0 Å². The van der Waals surface area contributed by atoms with Crippen molar-refractivity contribution >= 4 is 12.1 Å². The molecule has 4 aliphatic rings. The van der Waals surface area contributed by atoms with Crippen molar-refractivity contribution in [1.29, 1.82) is 0 Å². The van der Waals surface area contributed by atoms with Crippen LogP contribution in [-0.2, 0) is 24.0 Å². The second-order valence-corrected chi connectivity index (χ2v) is 16.8. The summed E-state index contributed by atoms with van der Waals surface area (Å²) < 4.78 is 6.39. The lowest BCUT2D eigenvalue weighted by atomic mass is 9.70. The molecule has 12 rings (SSSR count). The number of benzene rings is 8. The van der Waals surface area contributed by atoms with Gasteiger partial charge < -0.3 is 4.74 Å². The fraction of sp³-hybridized carbons (Fsp3) is 0.107. The van der Waals surface area contributed by atoms with Gasteiger partial charge in [0.1, 0.15) is 12.4 Å². The fourth-order valence-corrected chi connectivity index (χ4v) is 10.7. The smallest absolute Gasteiger partial charge is 0.154 e. The Morgan fingerprint density at radius 3 is 1.85 bits per heavy atom. The van der Waals surface area contributed by atoms with Gasteiger partial charge in [-0.05, 0) is 107 Å². The maximum atomic E-state index is 6.39.